The van der Waals surface area contributed by atoms with E-state index in [0.29, 0.717) is 0 Å². The van der Waals surface area contributed by atoms with Gasteiger partial charge >= 0.3 is 5.97 Å². The first kappa shape index (κ1) is 9.21. The zero-order chi connectivity index (χ0) is 10.1. The summed E-state index contributed by atoms with van der Waals surface area (Å²) in [6.07, 6.45) is 5.25. The van der Waals surface area contributed by atoms with Gasteiger partial charge in [0, 0.05) is 24.4 Å². The minimum absolute atomic E-state index is 0.0938. The molecule has 0 aliphatic carbocycles. The molecule has 0 fully saturated rings. The number of hydrogen-bond donors (Lipinski definition) is 2. The number of fused-ring (bicyclic) bond motifs is 1. The summed E-state index contributed by atoms with van der Waals surface area (Å²) in [4.78, 5) is 14.8. The van der Waals surface area contributed by atoms with Gasteiger partial charge in [0.25, 0.3) is 0 Å². The smallest absolute Gasteiger partial charge is 0.321 e. The summed E-state index contributed by atoms with van der Waals surface area (Å²) in [6.45, 7) is 0.915. The summed E-state index contributed by atoms with van der Waals surface area (Å²) in [7, 11) is 0. The van der Waals surface area contributed by atoms with E-state index in [4.69, 9.17) is 10.8 Å². The van der Waals surface area contributed by atoms with Crippen molar-refractivity contribution < 1.29 is 9.90 Å². The van der Waals surface area contributed by atoms with Crippen molar-refractivity contribution in [2.45, 2.75) is 31.3 Å². The number of aliphatic carboxylic acids is 1. The van der Waals surface area contributed by atoms with E-state index in [1.165, 1.54) is 0 Å². The fourth-order valence-corrected chi connectivity index (χ4v) is 1.99. The molecular formula is C9H13N3O2. The molecule has 0 spiro atoms. The van der Waals surface area contributed by atoms with Gasteiger partial charge in [-0.25, -0.2) is 4.98 Å². The quantitative estimate of drug-likeness (QED) is 0.705. The molecule has 0 amide bonds. The molecule has 0 saturated heterocycles. The Bertz CT molecular complexity index is 348. The number of aromatic nitrogens is 2. The maximum Gasteiger partial charge on any atom is 0.321 e. The van der Waals surface area contributed by atoms with E-state index >= 15 is 0 Å². The highest BCUT2D eigenvalue weighted by Crippen LogP contribution is 2.28. The van der Waals surface area contributed by atoms with Crippen molar-refractivity contribution in [1.82, 2.24) is 9.55 Å². The molecule has 3 N–H and O–H groups in total. The van der Waals surface area contributed by atoms with E-state index < -0.39 is 12.0 Å². The first-order chi connectivity index (χ1) is 6.70. The van der Waals surface area contributed by atoms with Gasteiger partial charge < -0.3 is 15.4 Å². The molecule has 2 rings (SSSR count). The van der Waals surface area contributed by atoms with Gasteiger partial charge in [0.2, 0.25) is 0 Å². The van der Waals surface area contributed by atoms with Crippen molar-refractivity contribution in [3.63, 3.8) is 0 Å². The summed E-state index contributed by atoms with van der Waals surface area (Å²) in [5, 5.41) is 8.84. The molecule has 1 aromatic heterocycles. The van der Waals surface area contributed by atoms with Crippen LogP contribution in [0.2, 0.25) is 0 Å². The van der Waals surface area contributed by atoms with Crippen LogP contribution in [0.5, 0.6) is 0 Å². The third-order valence-electron chi connectivity index (χ3n) is 2.76. The molecule has 1 aromatic rings. The van der Waals surface area contributed by atoms with Crippen LogP contribution in [0.1, 0.15) is 24.5 Å². The lowest BCUT2D eigenvalue weighted by molar-refractivity contribution is -0.139. The van der Waals surface area contributed by atoms with Crippen LogP contribution in [-0.2, 0) is 11.3 Å². The molecule has 5 nitrogen and oxygen atoms in total. The van der Waals surface area contributed by atoms with Crippen molar-refractivity contribution in [3.8, 4) is 0 Å². The Morgan fingerprint density at radius 3 is 3.29 bits per heavy atom. The molecule has 0 aromatic carbocycles. The number of carbonyl (C=O) groups is 1. The van der Waals surface area contributed by atoms with E-state index in [1.807, 2.05) is 4.57 Å². The first-order valence-electron chi connectivity index (χ1n) is 4.68. The van der Waals surface area contributed by atoms with Crippen molar-refractivity contribution in [2.75, 3.05) is 0 Å². The summed E-state index contributed by atoms with van der Waals surface area (Å²) in [6, 6.07) is -0.814. The van der Waals surface area contributed by atoms with Gasteiger partial charge in [0.05, 0.1) is 6.33 Å². The van der Waals surface area contributed by atoms with Gasteiger partial charge in [-0.05, 0) is 12.8 Å². The third kappa shape index (κ3) is 1.39. The molecule has 76 valence electrons. The monoisotopic (exact) mass is 195 g/mol. The van der Waals surface area contributed by atoms with Crippen molar-refractivity contribution in [1.29, 1.82) is 0 Å². The Morgan fingerprint density at radius 2 is 2.57 bits per heavy atom. The lowest BCUT2D eigenvalue weighted by Crippen LogP contribution is -2.38. The van der Waals surface area contributed by atoms with Gasteiger partial charge in [-0.3, -0.25) is 4.79 Å². The van der Waals surface area contributed by atoms with Crippen LogP contribution >= 0.6 is 0 Å². The van der Waals surface area contributed by atoms with Crippen LogP contribution in [0.4, 0.5) is 0 Å². The number of carboxylic acids is 1. The molecule has 5 heteroatoms. The number of hydrogen-bond acceptors (Lipinski definition) is 3. The molecule has 0 radical (unpaired) electrons. The fraction of sp³-hybridized carbons (Fsp3) is 0.556. The number of imidazole rings is 1. The Balaban J connectivity index is 2.28. The Kier molecular flexibility index (Phi) is 2.25. The predicted molar refractivity (Wildman–Crippen MR) is 49.8 cm³/mol. The summed E-state index contributed by atoms with van der Waals surface area (Å²) < 4.78 is 1.98. The molecule has 14 heavy (non-hydrogen) atoms. The number of rotatable bonds is 2. The lowest BCUT2D eigenvalue weighted by atomic mass is 9.89. The Labute approximate surface area is 81.5 Å². The van der Waals surface area contributed by atoms with Crippen LogP contribution in [0.3, 0.4) is 0 Å². The average Bonchev–Trinajstić information content (AvgIpc) is 2.63. The summed E-state index contributed by atoms with van der Waals surface area (Å²) >= 11 is 0. The highest BCUT2D eigenvalue weighted by Gasteiger charge is 2.30. The largest absolute Gasteiger partial charge is 0.480 e. The lowest BCUT2D eigenvalue weighted by Gasteiger charge is -2.26. The minimum atomic E-state index is -0.940. The van der Waals surface area contributed by atoms with E-state index in [0.717, 1.165) is 25.1 Å². The standard InChI is InChI=1S/C9H13N3O2/c10-8(9(13)14)6-2-1-3-12-5-11-4-7(6)12/h4-6,8H,1-3,10H2,(H,13,14). The van der Waals surface area contributed by atoms with Crippen molar-refractivity contribution in [3.05, 3.63) is 18.2 Å². The highest BCUT2D eigenvalue weighted by molar-refractivity contribution is 5.74. The minimum Gasteiger partial charge on any atom is -0.480 e. The molecule has 0 saturated carbocycles. The molecule has 1 aliphatic rings. The highest BCUT2D eigenvalue weighted by atomic mass is 16.4. The predicted octanol–water partition coefficient (Wildman–Crippen LogP) is 0.172. The van der Waals surface area contributed by atoms with Crippen LogP contribution in [-0.4, -0.2) is 26.7 Å². The van der Waals surface area contributed by atoms with Crippen LogP contribution in [0.25, 0.3) is 0 Å². The van der Waals surface area contributed by atoms with Gasteiger partial charge in [-0.1, -0.05) is 0 Å². The second-order valence-corrected chi connectivity index (χ2v) is 3.62. The first-order valence-corrected chi connectivity index (χ1v) is 4.68. The van der Waals surface area contributed by atoms with Crippen molar-refractivity contribution >= 4 is 5.97 Å². The van der Waals surface area contributed by atoms with Crippen LogP contribution in [0, 0.1) is 0 Å². The summed E-state index contributed by atoms with van der Waals surface area (Å²) in [5.74, 6) is -1.03. The molecular weight excluding hydrogens is 182 g/mol. The topological polar surface area (TPSA) is 81.1 Å². The fourth-order valence-electron chi connectivity index (χ4n) is 1.99. The number of nitrogens with zero attached hydrogens (tertiary/aromatic N) is 2. The normalized spacial score (nSPS) is 22.8. The van der Waals surface area contributed by atoms with Gasteiger partial charge in [0.15, 0.2) is 0 Å². The van der Waals surface area contributed by atoms with Gasteiger partial charge in [-0.15, -0.1) is 0 Å². The zero-order valence-electron chi connectivity index (χ0n) is 7.76. The second-order valence-electron chi connectivity index (χ2n) is 3.62. The van der Waals surface area contributed by atoms with Crippen molar-refractivity contribution in [2.24, 2.45) is 5.73 Å². The zero-order valence-corrected chi connectivity index (χ0v) is 7.76. The van der Waals surface area contributed by atoms with E-state index in [1.54, 1.807) is 12.5 Å². The Morgan fingerprint density at radius 1 is 1.79 bits per heavy atom. The van der Waals surface area contributed by atoms with Crippen LogP contribution < -0.4 is 5.73 Å². The Hall–Kier alpha value is -1.36. The molecule has 2 heterocycles. The van der Waals surface area contributed by atoms with Gasteiger partial charge in [-0.2, -0.15) is 0 Å². The maximum atomic E-state index is 10.8. The molecule has 0 bridgehead atoms. The van der Waals surface area contributed by atoms with E-state index in [2.05, 4.69) is 4.98 Å². The molecule has 2 unspecified atom stereocenters. The number of aryl methyl sites for hydroxylation is 1. The third-order valence-corrected chi connectivity index (χ3v) is 2.76. The number of carboxylic acid groups (broad SMARTS) is 1. The second kappa shape index (κ2) is 3.42. The molecule has 1 aliphatic heterocycles. The van der Waals surface area contributed by atoms with Crippen LogP contribution in [0.15, 0.2) is 12.5 Å². The molecule has 2 atom stereocenters. The van der Waals surface area contributed by atoms with E-state index in [9.17, 15) is 4.79 Å². The SMILES string of the molecule is NC(C(=O)O)C1CCCn2cncc21. The average molecular weight is 195 g/mol. The van der Waals surface area contributed by atoms with E-state index in [-0.39, 0.29) is 5.92 Å². The van der Waals surface area contributed by atoms with Gasteiger partial charge in [0.1, 0.15) is 6.04 Å². The maximum absolute atomic E-state index is 10.8. The summed E-state index contributed by atoms with van der Waals surface area (Å²) in [5.41, 5.74) is 6.57. The number of nitrogens with two attached hydrogens (primary N) is 1.